The molecule has 0 unspecified atom stereocenters. The van der Waals surface area contributed by atoms with Gasteiger partial charge in [0.15, 0.2) is 0 Å². The van der Waals surface area contributed by atoms with Crippen LogP contribution in [0.25, 0.3) is 0 Å². The second-order valence-corrected chi connectivity index (χ2v) is 4.73. The monoisotopic (exact) mass is 264 g/mol. The van der Waals surface area contributed by atoms with Crippen LogP contribution in [0.3, 0.4) is 0 Å². The lowest BCUT2D eigenvalue weighted by Gasteiger charge is -2.18. The van der Waals surface area contributed by atoms with Crippen molar-refractivity contribution in [3.63, 3.8) is 0 Å². The Morgan fingerprint density at radius 1 is 1.37 bits per heavy atom. The highest BCUT2D eigenvalue weighted by atomic mass is 16.5. The quantitative estimate of drug-likeness (QED) is 0.271. The van der Waals surface area contributed by atoms with Crippen molar-refractivity contribution < 1.29 is 14.7 Å². The van der Waals surface area contributed by atoms with Gasteiger partial charge in [0.05, 0.1) is 6.42 Å². The first-order valence-electron chi connectivity index (χ1n) is 6.21. The number of hydrogen-bond donors (Lipinski definition) is 2. The number of esters is 1. The average molecular weight is 264 g/mol. The summed E-state index contributed by atoms with van der Waals surface area (Å²) in [6.45, 7) is 4.06. The normalized spacial score (nSPS) is 13.3. The van der Waals surface area contributed by atoms with Crippen LogP contribution >= 0.6 is 0 Å². The van der Waals surface area contributed by atoms with Crippen LogP contribution in [-0.4, -0.2) is 17.0 Å². The minimum Gasteiger partial charge on any atom is -0.461 e. The number of nitrogens with two attached hydrogens (primary N) is 1. The Morgan fingerprint density at radius 3 is 2.53 bits per heavy atom. The molecule has 0 spiro atoms. The van der Waals surface area contributed by atoms with E-state index < -0.39 is 0 Å². The van der Waals surface area contributed by atoms with Crippen LogP contribution < -0.4 is 5.73 Å². The standard InChI is InChI=1S/C14H20N2O3/c1-10(2)12(14(15)16-18)8-13(17)19-9-11-6-4-3-5-7-11/h3-7,10,12,18H,8-9H2,1-2H3,(H2,15,16)/t12-/m0/s1. The molecule has 0 saturated carbocycles. The summed E-state index contributed by atoms with van der Waals surface area (Å²) in [7, 11) is 0. The van der Waals surface area contributed by atoms with Gasteiger partial charge in [0.2, 0.25) is 0 Å². The Kier molecular flexibility index (Phi) is 5.85. The van der Waals surface area contributed by atoms with E-state index in [-0.39, 0.29) is 36.7 Å². The summed E-state index contributed by atoms with van der Waals surface area (Å²) in [6.07, 6.45) is 0.112. The first kappa shape index (κ1) is 15.0. The van der Waals surface area contributed by atoms with Crippen molar-refractivity contribution in [1.29, 1.82) is 0 Å². The molecule has 0 aromatic heterocycles. The van der Waals surface area contributed by atoms with Crippen LogP contribution in [0.2, 0.25) is 0 Å². The summed E-state index contributed by atoms with van der Waals surface area (Å²) in [5.41, 5.74) is 6.50. The molecule has 19 heavy (non-hydrogen) atoms. The highest BCUT2D eigenvalue weighted by molar-refractivity contribution is 5.86. The molecule has 1 atom stereocenters. The average Bonchev–Trinajstić information content (AvgIpc) is 2.42. The van der Waals surface area contributed by atoms with E-state index >= 15 is 0 Å². The lowest BCUT2D eigenvalue weighted by atomic mass is 9.91. The van der Waals surface area contributed by atoms with Crippen LogP contribution in [0.4, 0.5) is 0 Å². The molecule has 1 aromatic rings. The number of ether oxygens (including phenoxy) is 1. The fourth-order valence-corrected chi connectivity index (χ4v) is 1.73. The number of oxime groups is 1. The van der Waals surface area contributed by atoms with E-state index in [4.69, 9.17) is 15.7 Å². The Labute approximate surface area is 113 Å². The van der Waals surface area contributed by atoms with Crippen LogP contribution in [0, 0.1) is 11.8 Å². The summed E-state index contributed by atoms with van der Waals surface area (Å²) in [6, 6.07) is 9.44. The summed E-state index contributed by atoms with van der Waals surface area (Å²) >= 11 is 0. The zero-order valence-electron chi connectivity index (χ0n) is 11.2. The molecule has 104 valence electrons. The van der Waals surface area contributed by atoms with Crippen molar-refractivity contribution in [1.82, 2.24) is 0 Å². The lowest BCUT2D eigenvalue weighted by Crippen LogP contribution is -2.30. The maximum Gasteiger partial charge on any atom is 0.306 e. The molecule has 0 aliphatic heterocycles. The maximum absolute atomic E-state index is 11.7. The third kappa shape index (κ3) is 4.99. The van der Waals surface area contributed by atoms with E-state index in [1.807, 2.05) is 44.2 Å². The topological polar surface area (TPSA) is 84.9 Å². The molecular weight excluding hydrogens is 244 g/mol. The van der Waals surface area contributed by atoms with Crippen molar-refractivity contribution in [2.45, 2.75) is 26.9 Å². The number of rotatable bonds is 6. The summed E-state index contributed by atoms with van der Waals surface area (Å²) < 4.78 is 5.17. The van der Waals surface area contributed by atoms with E-state index in [0.717, 1.165) is 5.56 Å². The van der Waals surface area contributed by atoms with Crippen LogP contribution in [-0.2, 0) is 16.1 Å². The van der Waals surface area contributed by atoms with Crippen molar-refractivity contribution in [3.8, 4) is 0 Å². The fourth-order valence-electron chi connectivity index (χ4n) is 1.73. The predicted octanol–water partition coefficient (Wildman–Crippen LogP) is 2.14. The second-order valence-electron chi connectivity index (χ2n) is 4.73. The zero-order valence-corrected chi connectivity index (χ0v) is 11.2. The van der Waals surface area contributed by atoms with Gasteiger partial charge >= 0.3 is 5.97 Å². The zero-order chi connectivity index (χ0) is 14.3. The summed E-state index contributed by atoms with van der Waals surface area (Å²) in [4.78, 5) is 11.7. The SMILES string of the molecule is CC(C)[C@H](CC(=O)OCc1ccccc1)C(N)=NO. The van der Waals surface area contributed by atoms with Crippen molar-refractivity contribution in [2.24, 2.45) is 22.7 Å². The third-order valence-electron chi connectivity index (χ3n) is 2.93. The third-order valence-corrected chi connectivity index (χ3v) is 2.93. The van der Waals surface area contributed by atoms with Crippen LogP contribution in [0.5, 0.6) is 0 Å². The molecule has 0 saturated heterocycles. The van der Waals surface area contributed by atoms with Gasteiger partial charge < -0.3 is 15.7 Å². The van der Waals surface area contributed by atoms with Crippen LogP contribution in [0.15, 0.2) is 35.5 Å². The molecule has 5 heteroatoms. The molecular formula is C14H20N2O3. The minimum atomic E-state index is -0.353. The Hall–Kier alpha value is -2.04. The van der Waals surface area contributed by atoms with Gasteiger partial charge in [0.1, 0.15) is 12.4 Å². The van der Waals surface area contributed by atoms with E-state index in [1.165, 1.54) is 0 Å². The highest BCUT2D eigenvalue weighted by Crippen LogP contribution is 2.16. The molecule has 0 amide bonds. The van der Waals surface area contributed by atoms with Crippen LogP contribution in [0.1, 0.15) is 25.8 Å². The Morgan fingerprint density at radius 2 is 2.00 bits per heavy atom. The molecule has 5 nitrogen and oxygen atoms in total. The molecule has 0 fully saturated rings. The number of carbonyl (C=O) groups excluding carboxylic acids is 1. The van der Waals surface area contributed by atoms with Crippen molar-refractivity contribution in [3.05, 3.63) is 35.9 Å². The summed E-state index contributed by atoms with van der Waals surface area (Å²) in [5.74, 6) is -0.505. The second kappa shape index (κ2) is 7.41. The van der Waals surface area contributed by atoms with Crippen molar-refractivity contribution >= 4 is 11.8 Å². The molecule has 3 N–H and O–H groups in total. The highest BCUT2D eigenvalue weighted by Gasteiger charge is 2.22. The largest absolute Gasteiger partial charge is 0.461 e. The molecule has 0 aliphatic rings. The molecule has 0 radical (unpaired) electrons. The maximum atomic E-state index is 11.7. The lowest BCUT2D eigenvalue weighted by molar-refractivity contribution is -0.145. The Balaban J connectivity index is 2.50. The van der Waals surface area contributed by atoms with E-state index in [0.29, 0.717) is 0 Å². The minimum absolute atomic E-state index is 0.0617. The predicted molar refractivity (Wildman–Crippen MR) is 72.6 cm³/mol. The Bertz CT molecular complexity index is 430. The molecule has 0 heterocycles. The number of amidine groups is 1. The molecule has 1 aromatic carbocycles. The van der Waals surface area contributed by atoms with Gasteiger partial charge in [-0.05, 0) is 11.5 Å². The number of nitrogens with zero attached hydrogens (tertiary/aromatic N) is 1. The number of carbonyl (C=O) groups is 1. The van der Waals surface area contributed by atoms with E-state index in [1.54, 1.807) is 0 Å². The van der Waals surface area contributed by atoms with Gasteiger partial charge in [-0.1, -0.05) is 49.3 Å². The van der Waals surface area contributed by atoms with Gasteiger partial charge in [0.25, 0.3) is 0 Å². The molecule has 0 bridgehead atoms. The van der Waals surface area contributed by atoms with Gasteiger partial charge in [-0.25, -0.2) is 0 Å². The van der Waals surface area contributed by atoms with Gasteiger partial charge in [0, 0.05) is 5.92 Å². The fraction of sp³-hybridized carbons (Fsp3) is 0.429. The molecule has 1 rings (SSSR count). The van der Waals surface area contributed by atoms with E-state index in [9.17, 15) is 4.79 Å². The van der Waals surface area contributed by atoms with Gasteiger partial charge in [-0.3, -0.25) is 4.79 Å². The number of hydrogen-bond acceptors (Lipinski definition) is 4. The smallest absolute Gasteiger partial charge is 0.306 e. The van der Waals surface area contributed by atoms with Gasteiger partial charge in [-0.2, -0.15) is 0 Å². The first-order chi connectivity index (χ1) is 9.04. The van der Waals surface area contributed by atoms with Gasteiger partial charge in [-0.15, -0.1) is 0 Å². The summed E-state index contributed by atoms with van der Waals surface area (Å²) in [5, 5.41) is 11.7. The molecule has 0 aliphatic carbocycles. The first-order valence-corrected chi connectivity index (χ1v) is 6.21. The van der Waals surface area contributed by atoms with E-state index in [2.05, 4.69) is 5.16 Å². The van der Waals surface area contributed by atoms with Crippen molar-refractivity contribution in [2.75, 3.05) is 0 Å². The number of benzene rings is 1.